The third kappa shape index (κ3) is 3.59. The Hall–Kier alpha value is -2.37. The van der Waals surface area contributed by atoms with Crippen LogP contribution in [0.1, 0.15) is 30.1 Å². The number of benzene rings is 1. The summed E-state index contributed by atoms with van der Waals surface area (Å²) in [5.41, 5.74) is -0.333. The van der Waals surface area contributed by atoms with Gasteiger partial charge in [0.05, 0.1) is 5.41 Å². The zero-order valence-electron chi connectivity index (χ0n) is 11.8. The van der Waals surface area contributed by atoms with E-state index < -0.39 is 17.4 Å². The van der Waals surface area contributed by atoms with Crippen molar-refractivity contribution in [3.8, 4) is 0 Å². The minimum absolute atomic E-state index is 0.104. The second kappa shape index (κ2) is 5.95. The van der Waals surface area contributed by atoms with Crippen LogP contribution in [0.2, 0.25) is 0 Å². The second-order valence-corrected chi connectivity index (χ2v) is 5.36. The largest absolute Gasteiger partial charge is 0.481 e. The highest BCUT2D eigenvalue weighted by atomic mass is 16.4. The minimum atomic E-state index is -0.885. The SMILES string of the molecule is CC(NC(=O)c1ccccc1)C(=O)NCC1(C(=O)O)CC1. The number of hydrogen-bond acceptors (Lipinski definition) is 3. The van der Waals surface area contributed by atoms with Crippen LogP contribution in [0.25, 0.3) is 0 Å². The van der Waals surface area contributed by atoms with Crippen LogP contribution in [0.5, 0.6) is 0 Å². The summed E-state index contributed by atoms with van der Waals surface area (Å²) in [6.45, 7) is 1.67. The Bertz CT molecular complexity index is 552. The van der Waals surface area contributed by atoms with Crippen LogP contribution in [0.15, 0.2) is 30.3 Å². The van der Waals surface area contributed by atoms with E-state index in [1.54, 1.807) is 37.3 Å². The number of amides is 2. The molecule has 1 aromatic carbocycles. The van der Waals surface area contributed by atoms with E-state index in [0.717, 1.165) is 0 Å². The van der Waals surface area contributed by atoms with Gasteiger partial charge in [0.1, 0.15) is 6.04 Å². The predicted molar refractivity (Wildman–Crippen MR) is 75.7 cm³/mol. The Morgan fingerprint density at radius 1 is 1.24 bits per heavy atom. The molecule has 1 saturated carbocycles. The first-order chi connectivity index (χ1) is 9.94. The van der Waals surface area contributed by atoms with Gasteiger partial charge in [0.25, 0.3) is 5.91 Å². The van der Waals surface area contributed by atoms with Gasteiger partial charge in [-0.3, -0.25) is 14.4 Å². The summed E-state index contributed by atoms with van der Waals surface area (Å²) in [7, 11) is 0. The minimum Gasteiger partial charge on any atom is -0.481 e. The number of hydrogen-bond donors (Lipinski definition) is 3. The molecule has 1 atom stereocenters. The van der Waals surface area contributed by atoms with E-state index in [4.69, 9.17) is 5.11 Å². The van der Waals surface area contributed by atoms with Crippen LogP contribution in [0.4, 0.5) is 0 Å². The second-order valence-electron chi connectivity index (χ2n) is 5.36. The smallest absolute Gasteiger partial charge is 0.311 e. The number of carbonyl (C=O) groups excluding carboxylic acids is 2. The Labute approximate surface area is 122 Å². The van der Waals surface area contributed by atoms with Gasteiger partial charge in [-0.1, -0.05) is 18.2 Å². The Kier molecular flexibility index (Phi) is 4.26. The molecule has 1 fully saturated rings. The number of carboxylic acids is 1. The zero-order chi connectivity index (χ0) is 15.5. The summed E-state index contributed by atoms with van der Waals surface area (Å²) in [4.78, 5) is 34.8. The first kappa shape index (κ1) is 15.0. The number of carbonyl (C=O) groups is 3. The molecule has 6 heteroatoms. The van der Waals surface area contributed by atoms with Crippen LogP contribution in [0, 0.1) is 5.41 Å². The van der Waals surface area contributed by atoms with Crippen molar-refractivity contribution >= 4 is 17.8 Å². The Balaban J connectivity index is 1.83. The van der Waals surface area contributed by atoms with Gasteiger partial charge >= 0.3 is 5.97 Å². The average Bonchev–Trinajstić information content (AvgIpc) is 3.26. The highest BCUT2D eigenvalue weighted by Gasteiger charge is 2.50. The van der Waals surface area contributed by atoms with Crippen LogP contribution in [-0.2, 0) is 9.59 Å². The summed E-state index contributed by atoms with van der Waals surface area (Å²) in [5.74, 6) is -1.60. The van der Waals surface area contributed by atoms with Crippen molar-refractivity contribution < 1.29 is 19.5 Å². The molecule has 3 N–H and O–H groups in total. The summed E-state index contributed by atoms with van der Waals surface area (Å²) in [6, 6.07) is 7.87. The molecule has 0 spiro atoms. The highest BCUT2D eigenvalue weighted by Crippen LogP contribution is 2.45. The van der Waals surface area contributed by atoms with Crippen molar-refractivity contribution in [1.29, 1.82) is 0 Å². The number of carboxylic acid groups (broad SMARTS) is 1. The van der Waals surface area contributed by atoms with E-state index >= 15 is 0 Å². The molecule has 6 nitrogen and oxygen atoms in total. The van der Waals surface area contributed by atoms with Crippen molar-refractivity contribution in [1.82, 2.24) is 10.6 Å². The van der Waals surface area contributed by atoms with Gasteiger partial charge < -0.3 is 15.7 Å². The van der Waals surface area contributed by atoms with E-state index in [-0.39, 0.29) is 18.4 Å². The van der Waals surface area contributed by atoms with Gasteiger partial charge in [0, 0.05) is 12.1 Å². The van der Waals surface area contributed by atoms with E-state index in [0.29, 0.717) is 18.4 Å². The molecule has 2 rings (SSSR count). The lowest BCUT2D eigenvalue weighted by atomic mass is 10.1. The van der Waals surface area contributed by atoms with Crippen molar-refractivity contribution in [2.45, 2.75) is 25.8 Å². The van der Waals surface area contributed by atoms with E-state index in [1.807, 2.05) is 0 Å². The van der Waals surface area contributed by atoms with Crippen LogP contribution in [-0.4, -0.2) is 35.5 Å². The zero-order valence-corrected chi connectivity index (χ0v) is 11.8. The summed E-state index contributed by atoms with van der Waals surface area (Å²) in [6.07, 6.45) is 1.15. The third-order valence-electron chi connectivity index (χ3n) is 3.69. The van der Waals surface area contributed by atoms with Crippen molar-refractivity contribution in [3.63, 3.8) is 0 Å². The number of aliphatic carboxylic acids is 1. The molecule has 112 valence electrons. The Morgan fingerprint density at radius 3 is 2.38 bits per heavy atom. The molecule has 0 aliphatic heterocycles. The molecule has 0 aromatic heterocycles. The highest BCUT2D eigenvalue weighted by molar-refractivity contribution is 5.97. The normalized spacial score (nSPS) is 16.6. The van der Waals surface area contributed by atoms with Gasteiger partial charge in [-0.25, -0.2) is 0 Å². The lowest BCUT2D eigenvalue weighted by molar-refractivity contribution is -0.143. The van der Waals surface area contributed by atoms with Gasteiger partial charge in [-0.2, -0.15) is 0 Å². The fraction of sp³-hybridized carbons (Fsp3) is 0.400. The molecule has 1 aliphatic carbocycles. The molecule has 1 aliphatic rings. The maximum atomic E-state index is 11.9. The van der Waals surface area contributed by atoms with E-state index in [9.17, 15) is 14.4 Å². The van der Waals surface area contributed by atoms with Gasteiger partial charge in [-0.05, 0) is 31.9 Å². The topological polar surface area (TPSA) is 95.5 Å². The van der Waals surface area contributed by atoms with Gasteiger partial charge in [0.15, 0.2) is 0 Å². The molecule has 1 aromatic rings. The van der Waals surface area contributed by atoms with Crippen LogP contribution in [0.3, 0.4) is 0 Å². The first-order valence-electron chi connectivity index (χ1n) is 6.82. The quantitative estimate of drug-likeness (QED) is 0.721. The lowest BCUT2D eigenvalue weighted by Gasteiger charge is -2.16. The van der Waals surface area contributed by atoms with E-state index in [1.165, 1.54) is 0 Å². The van der Waals surface area contributed by atoms with Gasteiger partial charge in [0.2, 0.25) is 5.91 Å². The summed E-state index contributed by atoms with van der Waals surface area (Å²) >= 11 is 0. The maximum absolute atomic E-state index is 11.9. The monoisotopic (exact) mass is 290 g/mol. The molecule has 0 radical (unpaired) electrons. The van der Waals surface area contributed by atoms with Crippen molar-refractivity contribution in [2.24, 2.45) is 5.41 Å². The average molecular weight is 290 g/mol. The third-order valence-corrected chi connectivity index (χ3v) is 3.69. The first-order valence-corrected chi connectivity index (χ1v) is 6.82. The lowest BCUT2D eigenvalue weighted by Crippen LogP contribution is -2.47. The summed E-state index contributed by atoms with van der Waals surface area (Å²) in [5, 5.41) is 14.2. The Morgan fingerprint density at radius 2 is 1.86 bits per heavy atom. The number of rotatable bonds is 6. The standard InChI is InChI=1S/C15H18N2O4/c1-10(17-13(19)11-5-3-2-4-6-11)12(18)16-9-15(7-8-15)14(20)21/h2-6,10H,7-9H2,1H3,(H,16,18)(H,17,19)(H,20,21). The van der Waals surface area contributed by atoms with Gasteiger partial charge in [-0.15, -0.1) is 0 Å². The summed E-state index contributed by atoms with van der Waals surface area (Å²) < 4.78 is 0. The fourth-order valence-electron chi connectivity index (χ4n) is 1.96. The van der Waals surface area contributed by atoms with Crippen molar-refractivity contribution in [2.75, 3.05) is 6.54 Å². The predicted octanol–water partition coefficient (Wildman–Crippen LogP) is 0.786. The molecular weight excluding hydrogens is 272 g/mol. The maximum Gasteiger partial charge on any atom is 0.311 e. The van der Waals surface area contributed by atoms with Crippen molar-refractivity contribution in [3.05, 3.63) is 35.9 Å². The van der Waals surface area contributed by atoms with Crippen LogP contribution < -0.4 is 10.6 Å². The molecule has 21 heavy (non-hydrogen) atoms. The van der Waals surface area contributed by atoms with Crippen LogP contribution >= 0.6 is 0 Å². The molecular formula is C15H18N2O4. The molecule has 2 amide bonds. The number of nitrogens with one attached hydrogen (secondary N) is 2. The fourth-order valence-corrected chi connectivity index (χ4v) is 1.96. The molecule has 0 heterocycles. The molecule has 0 bridgehead atoms. The molecule has 1 unspecified atom stereocenters. The van der Waals surface area contributed by atoms with E-state index in [2.05, 4.69) is 10.6 Å². The molecule has 0 saturated heterocycles.